The van der Waals surface area contributed by atoms with E-state index >= 15 is 0 Å². The van der Waals surface area contributed by atoms with Crippen LogP contribution in [0.2, 0.25) is 10.0 Å². The lowest BCUT2D eigenvalue weighted by Gasteiger charge is -2.20. The van der Waals surface area contributed by atoms with Crippen LogP contribution in [0.4, 0.5) is 0 Å². The molecule has 0 radical (unpaired) electrons. The second kappa shape index (κ2) is 5.77. The maximum Gasteiger partial charge on any atom is 0.0649 e. The average molecular weight is 307 g/mol. The van der Waals surface area contributed by atoms with Crippen LogP contribution in [0.1, 0.15) is 29.0 Å². The van der Waals surface area contributed by atoms with E-state index in [1.807, 2.05) is 18.2 Å². The molecule has 0 heterocycles. The number of hydrogen-bond donors (Lipinski definition) is 1. The number of aliphatic hydroxyl groups is 1. The SMILES string of the molecule is OC(Cc1ccc(Cl)cc1Cl)C1CCc2ccccc21. The Bertz CT molecular complexity index is 624. The van der Waals surface area contributed by atoms with Gasteiger partial charge in [0.2, 0.25) is 0 Å². The molecule has 1 aliphatic rings. The molecule has 1 N–H and O–H groups in total. The minimum absolute atomic E-state index is 0.206. The van der Waals surface area contributed by atoms with Gasteiger partial charge in [0, 0.05) is 22.4 Å². The van der Waals surface area contributed by atoms with Crippen molar-refractivity contribution in [1.29, 1.82) is 0 Å². The third-order valence-electron chi connectivity index (χ3n) is 4.09. The fourth-order valence-electron chi connectivity index (χ4n) is 3.04. The van der Waals surface area contributed by atoms with Crippen molar-refractivity contribution in [2.24, 2.45) is 0 Å². The van der Waals surface area contributed by atoms with E-state index in [-0.39, 0.29) is 5.92 Å². The van der Waals surface area contributed by atoms with Gasteiger partial charge in [-0.2, -0.15) is 0 Å². The van der Waals surface area contributed by atoms with E-state index in [1.54, 1.807) is 6.07 Å². The predicted octanol–water partition coefficient (Wildman–Crippen LogP) is 4.63. The molecule has 0 spiro atoms. The van der Waals surface area contributed by atoms with Gasteiger partial charge < -0.3 is 5.11 Å². The van der Waals surface area contributed by atoms with E-state index in [4.69, 9.17) is 23.2 Å². The van der Waals surface area contributed by atoms with Crippen molar-refractivity contribution in [3.63, 3.8) is 0 Å². The topological polar surface area (TPSA) is 20.2 Å². The van der Waals surface area contributed by atoms with E-state index in [2.05, 4.69) is 18.2 Å². The molecule has 0 bridgehead atoms. The van der Waals surface area contributed by atoms with Gasteiger partial charge in [0.25, 0.3) is 0 Å². The molecule has 0 aliphatic heterocycles. The Labute approximate surface area is 129 Å². The van der Waals surface area contributed by atoms with Gasteiger partial charge in [-0.3, -0.25) is 0 Å². The highest BCUT2D eigenvalue weighted by Crippen LogP contribution is 2.37. The zero-order valence-electron chi connectivity index (χ0n) is 11.0. The van der Waals surface area contributed by atoms with Gasteiger partial charge in [0.1, 0.15) is 0 Å². The number of halogens is 2. The summed E-state index contributed by atoms with van der Waals surface area (Å²) in [4.78, 5) is 0. The lowest BCUT2D eigenvalue weighted by molar-refractivity contribution is 0.143. The normalized spacial score (nSPS) is 18.9. The molecule has 3 rings (SSSR count). The Balaban J connectivity index is 1.79. The van der Waals surface area contributed by atoms with Crippen LogP contribution in [0.15, 0.2) is 42.5 Å². The van der Waals surface area contributed by atoms with E-state index < -0.39 is 6.10 Å². The molecule has 0 saturated heterocycles. The lowest BCUT2D eigenvalue weighted by Crippen LogP contribution is -2.19. The molecule has 0 aromatic heterocycles. The van der Waals surface area contributed by atoms with E-state index in [9.17, 15) is 5.11 Å². The third-order valence-corrected chi connectivity index (χ3v) is 4.67. The number of benzene rings is 2. The van der Waals surface area contributed by atoms with E-state index in [0.717, 1.165) is 18.4 Å². The summed E-state index contributed by atoms with van der Waals surface area (Å²) in [5.41, 5.74) is 3.59. The highest BCUT2D eigenvalue weighted by atomic mass is 35.5. The summed E-state index contributed by atoms with van der Waals surface area (Å²) in [5.74, 6) is 0.206. The van der Waals surface area contributed by atoms with Crippen molar-refractivity contribution in [2.45, 2.75) is 31.3 Å². The third kappa shape index (κ3) is 2.71. The van der Waals surface area contributed by atoms with Crippen LogP contribution >= 0.6 is 23.2 Å². The maximum absolute atomic E-state index is 10.6. The predicted molar refractivity (Wildman–Crippen MR) is 83.7 cm³/mol. The summed E-state index contributed by atoms with van der Waals surface area (Å²) in [7, 11) is 0. The van der Waals surface area contributed by atoms with Gasteiger partial charge in [0.05, 0.1) is 6.10 Å². The van der Waals surface area contributed by atoms with Crippen LogP contribution in [0.5, 0.6) is 0 Å². The Morgan fingerprint density at radius 3 is 2.75 bits per heavy atom. The van der Waals surface area contributed by atoms with Gasteiger partial charge in [-0.15, -0.1) is 0 Å². The fraction of sp³-hybridized carbons (Fsp3) is 0.294. The first-order valence-corrected chi connectivity index (χ1v) is 7.60. The molecule has 1 aliphatic carbocycles. The molecule has 20 heavy (non-hydrogen) atoms. The molecule has 0 amide bonds. The van der Waals surface area contributed by atoms with Crippen molar-refractivity contribution in [2.75, 3.05) is 0 Å². The van der Waals surface area contributed by atoms with Crippen LogP contribution in [0.3, 0.4) is 0 Å². The van der Waals surface area contributed by atoms with Crippen molar-refractivity contribution < 1.29 is 5.11 Å². The maximum atomic E-state index is 10.6. The van der Waals surface area contributed by atoms with Crippen LogP contribution in [0.25, 0.3) is 0 Å². The zero-order chi connectivity index (χ0) is 14.1. The summed E-state index contributed by atoms with van der Waals surface area (Å²) in [5, 5.41) is 11.8. The molecule has 2 aromatic carbocycles. The van der Waals surface area contributed by atoms with Crippen molar-refractivity contribution >= 4 is 23.2 Å². The van der Waals surface area contributed by atoms with Gasteiger partial charge >= 0.3 is 0 Å². The monoisotopic (exact) mass is 306 g/mol. The first-order chi connectivity index (χ1) is 9.65. The van der Waals surface area contributed by atoms with Crippen LogP contribution in [0, 0.1) is 0 Å². The van der Waals surface area contributed by atoms with E-state index in [1.165, 1.54) is 11.1 Å². The summed E-state index contributed by atoms with van der Waals surface area (Å²) in [6, 6.07) is 13.8. The van der Waals surface area contributed by atoms with Gasteiger partial charge in [-0.1, -0.05) is 53.5 Å². The second-order valence-electron chi connectivity index (χ2n) is 5.35. The minimum Gasteiger partial charge on any atom is -0.392 e. The number of fused-ring (bicyclic) bond motifs is 1. The lowest BCUT2D eigenvalue weighted by atomic mass is 9.91. The molecular weight excluding hydrogens is 291 g/mol. The molecule has 1 nitrogen and oxygen atoms in total. The number of aryl methyl sites for hydroxylation is 1. The van der Waals surface area contributed by atoms with Gasteiger partial charge in [0.15, 0.2) is 0 Å². The highest BCUT2D eigenvalue weighted by Gasteiger charge is 2.28. The Kier molecular flexibility index (Phi) is 4.02. The van der Waals surface area contributed by atoms with E-state index in [0.29, 0.717) is 16.5 Å². The fourth-order valence-corrected chi connectivity index (χ4v) is 3.53. The minimum atomic E-state index is -0.405. The van der Waals surface area contributed by atoms with Gasteiger partial charge in [-0.05, 0) is 41.7 Å². The molecular formula is C17H16Cl2O. The number of hydrogen-bond acceptors (Lipinski definition) is 1. The van der Waals surface area contributed by atoms with Crippen molar-refractivity contribution in [3.8, 4) is 0 Å². The molecule has 2 atom stereocenters. The average Bonchev–Trinajstić information content (AvgIpc) is 2.86. The van der Waals surface area contributed by atoms with Crippen LogP contribution in [-0.4, -0.2) is 11.2 Å². The van der Waals surface area contributed by atoms with Crippen LogP contribution in [-0.2, 0) is 12.8 Å². The summed E-state index contributed by atoms with van der Waals surface area (Å²) in [6.07, 6.45) is 2.21. The molecule has 104 valence electrons. The summed E-state index contributed by atoms with van der Waals surface area (Å²) >= 11 is 12.1. The molecule has 2 aromatic rings. The smallest absolute Gasteiger partial charge is 0.0649 e. The Morgan fingerprint density at radius 1 is 1.15 bits per heavy atom. The molecule has 0 saturated carbocycles. The number of rotatable bonds is 3. The van der Waals surface area contributed by atoms with Gasteiger partial charge in [-0.25, -0.2) is 0 Å². The Morgan fingerprint density at radius 2 is 1.95 bits per heavy atom. The quantitative estimate of drug-likeness (QED) is 0.877. The highest BCUT2D eigenvalue weighted by molar-refractivity contribution is 6.35. The largest absolute Gasteiger partial charge is 0.392 e. The summed E-state index contributed by atoms with van der Waals surface area (Å²) < 4.78 is 0. The van der Waals surface area contributed by atoms with Crippen molar-refractivity contribution in [3.05, 3.63) is 69.2 Å². The Hall–Kier alpha value is -1.02. The van der Waals surface area contributed by atoms with Crippen LogP contribution < -0.4 is 0 Å². The number of aliphatic hydroxyl groups excluding tert-OH is 1. The zero-order valence-corrected chi connectivity index (χ0v) is 12.5. The molecule has 0 fully saturated rings. The first-order valence-electron chi connectivity index (χ1n) is 6.85. The standard InChI is InChI=1S/C17H16Cl2O/c18-13-7-5-12(16(19)10-13)9-17(20)15-8-6-11-3-1-2-4-14(11)15/h1-5,7,10,15,17,20H,6,8-9H2. The van der Waals surface area contributed by atoms with Crippen molar-refractivity contribution in [1.82, 2.24) is 0 Å². The molecule has 2 unspecified atom stereocenters. The molecule has 3 heteroatoms. The second-order valence-corrected chi connectivity index (χ2v) is 6.19. The summed E-state index contributed by atoms with van der Waals surface area (Å²) in [6.45, 7) is 0. The first kappa shape index (κ1) is 13.9.